The van der Waals surface area contributed by atoms with Gasteiger partial charge in [-0.15, -0.1) is 11.6 Å². The van der Waals surface area contributed by atoms with E-state index in [-0.39, 0.29) is 11.8 Å². The van der Waals surface area contributed by atoms with E-state index in [2.05, 4.69) is 15.5 Å². The molecular formula is C8H12ClN3O. The Morgan fingerprint density at radius 3 is 3.15 bits per heavy atom. The van der Waals surface area contributed by atoms with Gasteiger partial charge in [0.15, 0.2) is 0 Å². The lowest BCUT2D eigenvalue weighted by molar-refractivity contribution is 0.0949. The van der Waals surface area contributed by atoms with E-state index < -0.39 is 0 Å². The fourth-order valence-electron chi connectivity index (χ4n) is 0.799. The standard InChI is InChI=1S/C8H12ClN3O/c1-6(2-9)3-10-8(13)7-4-11-12-5-7/h4-6H,2-3H2,1H3,(H,10,13)(H,11,12). The summed E-state index contributed by atoms with van der Waals surface area (Å²) in [6, 6.07) is 0. The molecule has 13 heavy (non-hydrogen) atoms. The number of aromatic nitrogens is 2. The lowest BCUT2D eigenvalue weighted by Gasteiger charge is -2.07. The van der Waals surface area contributed by atoms with Gasteiger partial charge in [-0.25, -0.2) is 0 Å². The minimum Gasteiger partial charge on any atom is -0.352 e. The molecule has 0 aromatic carbocycles. The molecule has 1 heterocycles. The Kier molecular flexibility index (Phi) is 3.76. The summed E-state index contributed by atoms with van der Waals surface area (Å²) < 4.78 is 0. The number of aromatic amines is 1. The highest BCUT2D eigenvalue weighted by Crippen LogP contribution is 1.97. The fourth-order valence-corrected chi connectivity index (χ4v) is 0.908. The van der Waals surface area contributed by atoms with Crippen LogP contribution < -0.4 is 5.32 Å². The van der Waals surface area contributed by atoms with Gasteiger partial charge in [0.05, 0.1) is 11.8 Å². The van der Waals surface area contributed by atoms with E-state index in [1.807, 2.05) is 6.92 Å². The lowest BCUT2D eigenvalue weighted by Crippen LogP contribution is -2.28. The molecule has 1 aromatic rings. The van der Waals surface area contributed by atoms with Gasteiger partial charge in [-0.05, 0) is 5.92 Å². The van der Waals surface area contributed by atoms with Gasteiger partial charge in [0.25, 0.3) is 5.91 Å². The third-order valence-corrected chi connectivity index (χ3v) is 2.16. The Labute approximate surface area is 81.7 Å². The summed E-state index contributed by atoms with van der Waals surface area (Å²) in [6.45, 7) is 2.57. The van der Waals surface area contributed by atoms with Crippen LogP contribution in [0.2, 0.25) is 0 Å². The molecule has 0 saturated carbocycles. The van der Waals surface area contributed by atoms with Crippen LogP contribution in [0, 0.1) is 5.92 Å². The van der Waals surface area contributed by atoms with Gasteiger partial charge < -0.3 is 5.32 Å². The largest absolute Gasteiger partial charge is 0.352 e. The van der Waals surface area contributed by atoms with E-state index in [9.17, 15) is 4.79 Å². The fraction of sp³-hybridized carbons (Fsp3) is 0.500. The zero-order valence-electron chi connectivity index (χ0n) is 7.38. The van der Waals surface area contributed by atoms with Crippen molar-refractivity contribution in [2.24, 2.45) is 5.92 Å². The quantitative estimate of drug-likeness (QED) is 0.715. The van der Waals surface area contributed by atoms with E-state index in [1.165, 1.54) is 6.20 Å². The zero-order chi connectivity index (χ0) is 9.68. The zero-order valence-corrected chi connectivity index (χ0v) is 8.14. The molecule has 0 spiro atoms. The van der Waals surface area contributed by atoms with Crippen molar-refractivity contribution >= 4 is 17.5 Å². The molecule has 0 radical (unpaired) electrons. The number of halogens is 1. The number of nitrogens with zero attached hydrogens (tertiary/aromatic N) is 1. The van der Waals surface area contributed by atoms with Crippen LogP contribution in [-0.2, 0) is 0 Å². The summed E-state index contributed by atoms with van der Waals surface area (Å²) in [5.74, 6) is 0.717. The summed E-state index contributed by atoms with van der Waals surface area (Å²) in [6.07, 6.45) is 3.04. The molecule has 1 unspecified atom stereocenters. The molecule has 1 rings (SSSR count). The highest BCUT2D eigenvalue weighted by Gasteiger charge is 2.07. The lowest BCUT2D eigenvalue weighted by atomic mass is 10.2. The first-order valence-corrected chi connectivity index (χ1v) is 4.60. The average Bonchev–Trinajstić information content (AvgIpc) is 2.66. The van der Waals surface area contributed by atoms with Crippen LogP contribution in [0.4, 0.5) is 0 Å². The summed E-state index contributed by atoms with van der Waals surface area (Å²) in [4.78, 5) is 11.3. The molecule has 1 aromatic heterocycles. The molecule has 0 aliphatic rings. The van der Waals surface area contributed by atoms with Crippen LogP contribution in [0.1, 0.15) is 17.3 Å². The Morgan fingerprint density at radius 1 is 1.85 bits per heavy atom. The van der Waals surface area contributed by atoms with Crippen molar-refractivity contribution in [2.75, 3.05) is 12.4 Å². The summed E-state index contributed by atoms with van der Waals surface area (Å²) in [7, 11) is 0. The maximum atomic E-state index is 11.3. The molecule has 0 aliphatic carbocycles. The Morgan fingerprint density at radius 2 is 2.62 bits per heavy atom. The van der Waals surface area contributed by atoms with Gasteiger partial charge in [-0.3, -0.25) is 9.89 Å². The molecular weight excluding hydrogens is 190 g/mol. The maximum Gasteiger partial charge on any atom is 0.254 e. The first-order chi connectivity index (χ1) is 6.24. The van der Waals surface area contributed by atoms with Crippen LogP contribution in [-0.4, -0.2) is 28.5 Å². The highest BCUT2D eigenvalue weighted by atomic mass is 35.5. The molecule has 72 valence electrons. The van der Waals surface area contributed by atoms with Gasteiger partial charge in [0.2, 0.25) is 0 Å². The number of hydrogen-bond acceptors (Lipinski definition) is 2. The van der Waals surface area contributed by atoms with Gasteiger partial charge in [0.1, 0.15) is 0 Å². The second-order valence-electron chi connectivity index (χ2n) is 2.96. The second kappa shape index (κ2) is 4.87. The predicted octanol–water partition coefficient (Wildman–Crippen LogP) is 1.01. The smallest absolute Gasteiger partial charge is 0.254 e. The number of alkyl halides is 1. The van der Waals surface area contributed by atoms with Crippen molar-refractivity contribution < 1.29 is 4.79 Å². The van der Waals surface area contributed by atoms with Crippen LogP contribution in [0.15, 0.2) is 12.4 Å². The third kappa shape index (κ3) is 3.06. The normalized spacial score (nSPS) is 12.5. The molecule has 4 nitrogen and oxygen atoms in total. The third-order valence-electron chi connectivity index (χ3n) is 1.63. The van der Waals surface area contributed by atoms with Gasteiger partial charge in [-0.1, -0.05) is 6.92 Å². The number of rotatable bonds is 4. The number of H-pyrrole nitrogens is 1. The van der Waals surface area contributed by atoms with Crippen LogP contribution in [0.3, 0.4) is 0 Å². The Balaban J connectivity index is 2.35. The van der Waals surface area contributed by atoms with Crippen LogP contribution >= 0.6 is 11.6 Å². The Hall–Kier alpha value is -1.03. The van der Waals surface area contributed by atoms with E-state index >= 15 is 0 Å². The Bertz CT molecular complexity index is 260. The van der Waals surface area contributed by atoms with Crippen molar-refractivity contribution in [1.29, 1.82) is 0 Å². The van der Waals surface area contributed by atoms with Crippen molar-refractivity contribution in [3.05, 3.63) is 18.0 Å². The highest BCUT2D eigenvalue weighted by molar-refractivity contribution is 6.18. The minimum atomic E-state index is -0.120. The van der Waals surface area contributed by atoms with E-state index in [0.717, 1.165) is 0 Å². The van der Waals surface area contributed by atoms with Gasteiger partial charge in [-0.2, -0.15) is 5.10 Å². The van der Waals surface area contributed by atoms with Crippen molar-refractivity contribution in [3.8, 4) is 0 Å². The summed E-state index contributed by atoms with van der Waals surface area (Å²) in [5.41, 5.74) is 0.543. The molecule has 0 saturated heterocycles. The minimum absolute atomic E-state index is 0.120. The molecule has 0 aliphatic heterocycles. The average molecular weight is 202 g/mol. The SMILES string of the molecule is CC(CCl)CNC(=O)c1cn[nH]c1. The first kappa shape index (κ1) is 10.1. The van der Waals surface area contributed by atoms with Crippen molar-refractivity contribution in [2.45, 2.75) is 6.92 Å². The summed E-state index contributed by atoms with van der Waals surface area (Å²) in [5, 5.41) is 9.01. The molecule has 1 amide bonds. The molecule has 0 bridgehead atoms. The monoisotopic (exact) mass is 201 g/mol. The van der Waals surface area contributed by atoms with E-state index in [0.29, 0.717) is 18.0 Å². The number of carbonyl (C=O) groups excluding carboxylic acids is 1. The predicted molar refractivity (Wildman–Crippen MR) is 50.8 cm³/mol. The van der Waals surface area contributed by atoms with Crippen molar-refractivity contribution in [3.63, 3.8) is 0 Å². The number of carbonyl (C=O) groups is 1. The second-order valence-corrected chi connectivity index (χ2v) is 3.27. The van der Waals surface area contributed by atoms with E-state index in [4.69, 9.17) is 11.6 Å². The van der Waals surface area contributed by atoms with Crippen LogP contribution in [0.25, 0.3) is 0 Å². The maximum absolute atomic E-state index is 11.3. The molecule has 0 fully saturated rings. The van der Waals surface area contributed by atoms with Crippen molar-refractivity contribution in [1.82, 2.24) is 15.5 Å². The summed E-state index contributed by atoms with van der Waals surface area (Å²) >= 11 is 5.59. The molecule has 1 atom stereocenters. The van der Waals surface area contributed by atoms with Gasteiger partial charge in [0, 0.05) is 18.6 Å². The number of amides is 1. The van der Waals surface area contributed by atoms with E-state index in [1.54, 1.807) is 6.20 Å². The van der Waals surface area contributed by atoms with Gasteiger partial charge >= 0.3 is 0 Å². The molecule has 5 heteroatoms. The van der Waals surface area contributed by atoms with Crippen LogP contribution in [0.5, 0.6) is 0 Å². The first-order valence-electron chi connectivity index (χ1n) is 4.07. The number of nitrogens with one attached hydrogen (secondary N) is 2. The topological polar surface area (TPSA) is 57.8 Å². The molecule has 2 N–H and O–H groups in total. The number of hydrogen-bond donors (Lipinski definition) is 2.